The van der Waals surface area contributed by atoms with E-state index in [2.05, 4.69) is 15.7 Å². The lowest BCUT2D eigenvalue weighted by Crippen LogP contribution is -2.36. The first-order chi connectivity index (χ1) is 15.5. The fourth-order valence-electron chi connectivity index (χ4n) is 3.46. The van der Waals surface area contributed by atoms with Gasteiger partial charge in [-0.15, -0.1) is 0 Å². The van der Waals surface area contributed by atoms with Crippen LogP contribution in [-0.4, -0.2) is 35.2 Å². The van der Waals surface area contributed by atoms with Crippen molar-refractivity contribution in [1.29, 1.82) is 0 Å². The first kappa shape index (κ1) is 21.9. The Labute approximate surface area is 191 Å². The van der Waals surface area contributed by atoms with Gasteiger partial charge >= 0.3 is 0 Å². The average Bonchev–Trinajstić information content (AvgIpc) is 3.55. The Morgan fingerprint density at radius 2 is 1.91 bits per heavy atom. The molecular weight excluding hydrogens is 428 g/mol. The highest BCUT2D eigenvalue weighted by Gasteiger charge is 2.33. The van der Waals surface area contributed by atoms with Gasteiger partial charge in [0.05, 0.1) is 36.8 Å². The van der Waals surface area contributed by atoms with Gasteiger partial charge in [0.15, 0.2) is 0 Å². The number of aryl methyl sites for hydroxylation is 1. The molecule has 1 aromatic heterocycles. The predicted molar refractivity (Wildman–Crippen MR) is 122 cm³/mol. The van der Waals surface area contributed by atoms with E-state index in [0.29, 0.717) is 17.1 Å². The molecule has 8 heteroatoms. The van der Waals surface area contributed by atoms with Crippen molar-refractivity contribution in [2.24, 2.45) is 0 Å². The summed E-state index contributed by atoms with van der Waals surface area (Å²) in [4.78, 5) is 25.0. The number of rotatable bonds is 8. The second kappa shape index (κ2) is 9.44. The SMILES string of the molecule is COc1ccc(CNC(=O)CNC(=O)c2cnn(-c3ccc(C)c(Cl)c3)c2C2CC2)cc1. The molecule has 3 aromatic rings. The standard InChI is InChI=1S/C24H25ClN4O3/c1-15-3-8-18(11-21(15)25)29-23(17-6-7-17)20(13-28-29)24(31)27-14-22(30)26-12-16-4-9-19(32-2)10-5-16/h3-5,8-11,13,17H,6-7,12,14H2,1-2H3,(H,26,30)(H,27,31). The molecule has 0 atom stereocenters. The monoisotopic (exact) mass is 452 g/mol. The largest absolute Gasteiger partial charge is 0.497 e. The van der Waals surface area contributed by atoms with Crippen LogP contribution in [-0.2, 0) is 11.3 Å². The maximum Gasteiger partial charge on any atom is 0.255 e. The van der Waals surface area contributed by atoms with Crippen molar-refractivity contribution in [3.63, 3.8) is 0 Å². The van der Waals surface area contributed by atoms with Crippen molar-refractivity contribution in [2.45, 2.75) is 32.2 Å². The van der Waals surface area contributed by atoms with Crippen LogP contribution in [0.5, 0.6) is 5.75 Å². The average molecular weight is 453 g/mol. The summed E-state index contributed by atoms with van der Waals surface area (Å²) < 4.78 is 6.90. The fraction of sp³-hybridized carbons (Fsp3) is 0.292. The summed E-state index contributed by atoms with van der Waals surface area (Å²) in [6.07, 6.45) is 3.58. The lowest BCUT2D eigenvalue weighted by Gasteiger charge is -2.11. The highest BCUT2D eigenvalue weighted by Crippen LogP contribution is 2.42. The summed E-state index contributed by atoms with van der Waals surface area (Å²) in [6.45, 7) is 2.20. The van der Waals surface area contributed by atoms with Gasteiger partial charge in [-0.25, -0.2) is 4.68 Å². The highest BCUT2D eigenvalue weighted by molar-refractivity contribution is 6.31. The van der Waals surface area contributed by atoms with Crippen molar-refractivity contribution in [3.05, 3.63) is 76.1 Å². The molecule has 0 bridgehead atoms. The minimum Gasteiger partial charge on any atom is -0.497 e. The molecule has 7 nitrogen and oxygen atoms in total. The van der Waals surface area contributed by atoms with E-state index in [1.54, 1.807) is 18.0 Å². The van der Waals surface area contributed by atoms with E-state index in [9.17, 15) is 9.59 Å². The van der Waals surface area contributed by atoms with Gasteiger partial charge in [-0.1, -0.05) is 29.8 Å². The second-order valence-electron chi connectivity index (χ2n) is 7.87. The topological polar surface area (TPSA) is 85.2 Å². The molecule has 0 aliphatic heterocycles. The highest BCUT2D eigenvalue weighted by atomic mass is 35.5. The Bertz CT molecular complexity index is 1140. The molecule has 166 valence electrons. The van der Waals surface area contributed by atoms with E-state index in [0.717, 1.165) is 41.1 Å². The molecule has 0 spiro atoms. The molecule has 32 heavy (non-hydrogen) atoms. The Hall–Kier alpha value is -3.32. The van der Waals surface area contributed by atoms with Crippen LogP contribution in [0.1, 0.15) is 45.9 Å². The van der Waals surface area contributed by atoms with Crippen LogP contribution in [0.25, 0.3) is 5.69 Å². The molecular formula is C24H25ClN4O3. The molecule has 1 fully saturated rings. The number of halogens is 1. The van der Waals surface area contributed by atoms with Crippen LogP contribution in [0, 0.1) is 6.92 Å². The van der Waals surface area contributed by atoms with Gasteiger partial charge in [-0.3, -0.25) is 9.59 Å². The summed E-state index contributed by atoms with van der Waals surface area (Å²) >= 11 is 6.28. The van der Waals surface area contributed by atoms with Crippen molar-refractivity contribution in [2.75, 3.05) is 13.7 Å². The third-order valence-electron chi connectivity index (χ3n) is 5.47. The zero-order valence-corrected chi connectivity index (χ0v) is 18.8. The first-order valence-electron chi connectivity index (χ1n) is 10.5. The Kier molecular flexibility index (Phi) is 6.46. The lowest BCUT2D eigenvalue weighted by atomic mass is 10.1. The van der Waals surface area contributed by atoms with Crippen molar-refractivity contribution in [1.82, 2.24) is 20.4 Å². The molecule has 4 rings (SSSR count). The van der Waals surface area contributed by atoms with Crippen molar-refractivity contribution in [3.8, 4) is 11.4 Å². The number of benzene rings is 2. The van der Waals surface area contributed by atoms with E-state index in [1.165, 1.54) is 0 Å². The number of methoxy groups -OCH3 is 1. The lowest BCUT2D eigenvalue weighted by molar-refractivity contribution is -0.120. The number of carbonyl (C=O) groups is 2. The quantitative estimate of drug-likeness (QED) is 0.545. The molecule has 2 amide bonds. The van der Waals surface area contributed by atoms with Gasteiger partial charge < -0.3 is 15.4 Å². The third kappa shape index (κ3) is 4.94. The summed E-state index contributed by atoms with van der Waals surface area (Å²) in [5.41, 5.74) is 4.10. The smallest absolute Gasteiger partial charge is 0.255 e. The number of nitrogens with zero attached hydrogens (tertiary/aromatic N) is 2. The summed E-state index contributed by atoms with van der Waals surface area (Å²) in [5.74, 6) is 0.463. The van der Waals surface area contributed by atoms with Gasteiger partial charge in [0.1, 0.15) is 5.75 Å². The molecule has 2 aromatic carbocycles. The Morgan fingerprint density at radius 3 is 2.56 bits per heavy atom. The normalized spacial score (nSPS) is 13.0. The number of amides is 2. The number of hydrogen-bond acceptors (Lipinski definition) is 4. The van der Waals surface area contributed by atoms with Crippen LogP contribution in [0.4, 0.5) is 0 Å². The number of ether oxygens (including phenoxy) is 1. The van der Waals surface area contributed by atoms with E-state index in [-0.39, 0.29) is 24.3 Å². The van der Waals surface area contributed by atoms with Gasteiger partial charge in [0, 0.05) is 17.5 Å². The van der Waals surface area contributed by atoms with Gasteiger partial charge in [0.2, 0.25) is 5.91 Å². The van der Waals surface area contributed by atoms with Gasteiger partial charge in [0.25, 0.3) is 5.91 Å². The maximum atomic E-state index is 12.8. The van der Waals surface area contributed by atoms with E-state index < -0.39 is 0 Å². The van der Waals surface area contributed by atoms with Crippen LogP contribution in [0.3, 0.4) is 0 Å². The number of nitrogens with one attached hydrogen (secondary N) is 2. The summed E-state index contributed by atoms with van der Waals surface area (Å²) in [5, 5.41) is 10.6. The summed E-state index contributed by atoms with van der Waals surface area (Å²) in [6, 6.07) is 13.2. The van der Waals surface area contributed by atoms with Gasteiger partial charge in [-0.2, -0.15) is 5.10 Å². The first-order valence-corrected chi connectivity index (χ1v) is 10.9. The maximum absolute atomic E-state index is 12.8. The van der Waals surface area contributed by atoms with Crippen LogP contribution >= 0.6 is 11.6 Å². The molecule has 1 aliphatic carbocycles. The van der Waals surface area contributed by atoms with Crippen molar-refractivity contribution < 1.29 is 14.3 Å². The molecule has 2 N–H and O–H groups in total. The molecule has 1 saturated carbocycles. The molecule has 0 radical (unpaired) electrons. The van der Waals surface area contributed by atoms with Gasteiger partial charge in [-0.05, 0) is 55.2 Å². The zero-order valence-electron chi connectivity index (χ0n) is 18.0. The van der Waals surface area contributed by atoms with E-state index in [1.807, 2.05) is 49.4 Å². The minimum atomic E-state index is -0.309. The fourth-order valence-corrected chi connectivity index (χ4v) is 3.64. The summed E-state index contributed by atoms with van der Waals surface area (Å²) in [7, 11) is 1.60. The number of hydrogen-bond donors (Lipinski definition) is 2. The number of aromatic nitrogens is 2. The molecule has 0 unspecified atom stereocenters. The van der Waals surface area contributed by atoms with E-state index >= 15 is 0 Å². The van der Waals surface area contributed by atoms with E-state index in [4.69, 9.17) is 16.3 Å². The third-order valence-corrected chi connectivity index (χ3v) is 5.88. The minimum absolute atomic E-state index is 0.110. The Morgan fingerprint density at radius 1 is 1.16 bits per heavy atom. The Balaban J connectivity index is 1.39. The molecule has 1 heterocycles. The van der Waals surface area contributed by atoms with Crippen LogP contribution in [0.2, 0.25) is 5.02 Å². The van der Waals surface area contributed by atoms with Crippen molar-refractivity contribution >= 4 is 23.4 Å². The molecule has 1 aliphatic rings. The van der Waals surface area contributed by atoms with Crippen LogP contribution in [0.15, 0.2) is 48.7 Å². The number of carbonyl (C=O) groups excluding carboxylic acids is 2. The second-order valence-corrected chi connectivity index (χ2v) is 8.28. The predicted octanol–water partition coefficient (Wildman–Crippen LogP) is 3.77. The zero-order chi connectivity index (χ0) is 22.7. The molecule has 0 saturated heterocycles. The van der Waals surface area contributed by atoms with Crippen LogP contribution < -0.4 is 15.4 Å².